The van der Waals surface area contributed by atoms with E-state index in [1.54, 1.807) is 6.20 Å². The lowest BCUT2D eigenvalue weighted by Crippen LogP contribution is -2.22. The van der Waals surface area contributed by atoms with Gasteiger partial charge in [0.05, 0.1) is 12.6 Å². The molecule has 1 unspecified atom stereocenters. The molecule has 1 aromatic heterocycles. The number of nitrogens with zero attached hydrogens (tertiary/aromatic N) is 2. The summed E-state index contributed by atoms with van der Waals surface area (Å²) in [6.45, 7) is 2.12. The fraction of sp³-hybridized carbons (Fsp3) is 0.267. The fourth-order valence-electron chi connectivity index (χ4n) is 1.91. The molecule has 3 nitrogen and oxygen atoms in total. The Balaban J connectivity index is 2.20. The zero-order valence-electron chi connectivity index (χ0n) is 11.0. The van der Waals surface area contributed by atoms with E-state index < -0.39 is 0 Å². The molecule has 4 heteroatoms. The summed E-state index contributed by atoms with van der Waals surface area (Å²) in [5, 5.41) is 9.75. The summed E-state index contributed by atoms with van der Waals surface area (Å²) < 4.78 is 0. The normalized spacial score (nSPS) is 12.2. The smallest absolute Gasteiger partial charge is 0.128 e. The molecule has 0 spiro atoms. The van der Waals surface area contributed by atoms with Crippen molar-refractivity contribution >= 4 is 17.4 Å². The number of aliphatic hydroxyl groups is 1. The van der Waals surface area contributed by atoms with Crippen molar-refractivity contribution in [1.82, 2.24) is 4.98 Å². The Bertz CT molecular complexity index is 542. The number of rotatable bonds is 4. The van der Waals surface area contributed by atoms with Gasteiger partial charge in [0.15, 0.2) is 0 Å². The van der Waals surface area contributed by atoms with Crippen molar-refractivity contribution in [3.63, 3.8) is 0 Å². The molecule has 0 saturated carbocycles. The molecule has 0 fully saturated rings. The van der Waals surface area contributed by atoms with Crippen LogP contribution in [0.2, 0.25) is 5.02 Å². The number of hydrogen-bond acceptors (Lipinski definition) is 3. The minimum atomic E-state index is 0.0147. The average Bonchev–Trinajstić information content (AvgIpc) is 2.46. The fourth-order valence-corrected chi connectivity index (χ4v) is 2.11. The molecule has 0 radical (unpaired) electrons. The van der Waals surface area contributed by atoms with Crippen LogP contribution in [-0.4, -0.2) is 17.1 Å². The van der Waals surface area contributed by atoms with Gasteiger partial charge in [-0.25, -0.2) is 4.98 Å². The Morgan fingerprint density at radius 1 is 1.32 bits per heavy atom. The van der Waals surface area contributed by atoms with Crippen LogP contribution in [0, 0.1) is 0 Å². The first-order chi connectivity index (χ1) is 9.11. The van der Waals surface area contributed by atoms with Crippen LogP contribution in [0.4, 0.5) is 5.82 Å². The number of pyridine rings is 1. The Morgan fingerprint density at radius 2 is 2.11 bits per heavy atom. The highest BCUT2D eigenvalue weighted by molar-refractivity contribution is 6.30. The van der Waals surface area contributed by atoms with E-state index in [-0.39, 0.29) is 12.6 Å². The molecule has 0 aliphatic carbocycles. The Hall–Kier alpha value is -1.58. The van der Waals surface area contributed by atoms with Crippen LogP contribution in [0.5, 0.6) is 0 Å². The molecule has 2 aromatic rings. The van der Waals surface area contributed by atoms with E-state index in [4.69, 9.17) is 16.7 Å². The lowest BCUT2D eigenvalue weighted by atomic mass is 10.1. The van der Waals surface area contributed by atoms with E-state index >= 15 is 0 Å². The number of hydrogen-bond donors (Lipinski definition) is 1. The molecule has 19 heavy (non-hydrogen) atoms. The van der Waals surface area contributed by atoms with Crippen molar-refractivity contribution in [2.24, 2.45) is 0 Å². The highest BCUT2D eigenvalue weighted by Gasteiger charge is 2.13. The molecule has 1 aromatic carbocycles. The monoisotopic (exact) mass is 276 g/mol. The molecular formula is C15H17ClN2O. The van der Waals surface area contributed by atoms with E-state index in [1.807, 2.05) is 37.4 Å². The third-order valence-electron chi connectivity index (χ3n) is 3.27. The largest absolute Gasteiger partial charge is 0.392 e. The molecule has 100 valence electrons. The van der Waals surface area contributed by atoms with Crippen molar-refractivity contribution in [3.8, 4) is 0 Å². The number of aromatic nitrogens is 1. The highest BCUT2D eigenvalue weighted by Crippen LogP contribution is 2.25. The van der Waals surface area contributed by atoms with Gasteiger partial charge in [0.2, 0.25) is 0 Å². The van der Waals surface area contributed by atoms with Gasteiger partial charge in [-0.2, -0.15) is 0 Å². The van der Waals surface area contributed by atoms with Gasteiger partial charge in [-0.05, 0) is 36.2 Å². The van der Waals surface area contributed by atoms with Crippen LogP contribution in [0.1, 0.15) is 24.1 Å². The maximum atomic E-state index is 9.02. The van der Waals surface area contributed by atoms with Gasteiger partial charge in [0.1, 0.15) is 5.82 Å². The first-order valence-corrected chi connectivity index (χ1v) is 6.53. The predicted octanol–water partition coefficient (Wildman–Crippen LogP) is 3.42. The lowest BCUT2D eigenvalue weighted by Gasteiger charge is -2.26. The van der Waals surface area contributed by atoms with Crippen LogP contribution < -0.4 is 4.90 Å². The van der Waals surface area contributed by atoms with E-state index in [0.717, 1.165) is 22.0 Å². The number of aliphatic hydroxyl groups excluding tert-OH is 1. The van der Waals surface area contributed by atoms with Gasteiger partial charge in [-0.3, -0.25) is 0 Å². The molecule has 0 amide bonds. The van der Waals surface area contributed by atoms with Gasteiger partial charge in [-0.15, -0.1) is 0 Å². The standard InChI is InChI=1S/C15H17ClN2O/c1-11(13-4-3-5-14(16)8-13)18(2)15-7-6-12(10-19)9-17-15/h3-9,11,19H,10H2,1-2H3. The maximum Gasteiger partial charge on any atom is 0.128 e. The highest BCUT2D eigenvalue weighted by atomic mass is 35.5. The van der Waals surface area contributed by atoms with Crippen LogP contribution >= 0.6 is 11.6 Å². The molecule has 0 aliphatic heterocycles. The van der Waals surface area contributed by atoms with Gasteiger partial charge >= 0.3 is 0 Å². The zero-order valence-corrected chi connectivity index (χ0v) is 11.8. The third-order valence-corrected chi connectivity index (χ3v) is 3.50. The minimum Gasteiger partial charge on any atom is -0.392 e. The van der Waals surface area contributed by atoms with Gasteiger partial charge < -0.3 is 10.0 Å². The van der Waals surface area contributed by atoms with Crippen LogP contribution in [-0.2, 0) is 6.61 Å². The molecule has 0 saturated heterocycles. The van der Waals surface area contributed by atoms with Crippen molar-refractivity contribution in [2.75, 3.05) is 11.9 Å². The van der Waals surface area contributed by atoms with E-state index in [2.05, 4.69) is 22.9 Å². The summed E-state index contributed by atoms with van der Waals surface area (Å²) in [4.78, 5) is 6.43. The Morgan fingerprint density at radius 3 is 2.68 bits per heavy atom. The lowest BCUT2D eigenvalue weighted by molar-refractivity contribution is 0.281. The molecule has 1 N–H and O–H groups in total. The molecule has 1 atom stereocenters. The second-order valence-corrected chi connectivity index (χ2v) is 4.96. The summed E-state index contributed by atoms with van der Waals surface area (Å²) in [7, 11) is 1.99. The summed E-state index contributed by atoms with van der Waals surface area (Å²) in [6, 6.07) is 11.8. The van der Waals surface area contributed by atoms with Gasteiger partial charge in [-0.1, -0.05) is 29.8 Å². The summed E-state index contributed by atoms with van der Waals surface area (Å²) in [6.07, 6.45) is 1.69. The van der Waals surface area contributed by atoms with Crippen molar-refractivity contribution in [1.29, 1.82) is 0 Å². The molecular weight excluding hydrogens is 260 g/mol. The van der Waals surface area contributed by atoms with E-state index in [9.17, 15) is 0 Å². The summed E-state index contributed by atoms with van der Waals surface area (Å²) in [5.41, 5.74) is 1.95. The summed E-state index contributed by atoms with van der Waals surface area (Å²) >= 11 is 6.02. The van der Waals surface area contributed by atoms with Gasteiger partial charge in [0, 0.05) is 18.3 Å². The SMILES string of the molecule is CC(c1cccc(Cl)c1)N(C)c1ccc(CO)cn1. The Kier molecular flexibility index (Phi) is 4.40. The number of anilines is 1. The van der Waals surface area contributed by atoms with Gasteiger partial charge in [0.25, 0.3) is 0 Å². The van der Waals surface area contributed by atoms with Crippen molar-refractivity contribution in [2.45, 2.75) is 19.6 Å². The van der Waals surface area contributed by atoms with Crippen LogP contribution in [0.15, 0.2) is 42.6 Å². The van der Waals surface area contributed by atoms with Crippen molar-refractivity contribution in [3.05, 3.63) is 58.7 Å². The second kappa shape index (κ2) is 6.04. The first kappa shape index (κ1) is 13.8. The molecule has 1 heterocycles. The Labute approximate surface area is 118 Å². The van der Waals surface area contributed by atoms with E-state index in [1.165, 1.54) is 0 Å². The zero-order chi connectivity index (χ0) is 13.8. The number of benzene rings is 1. The topological polar surface area (TPSA) is 36.4 Å². The third kappa shape index (κ3) is 3.25. The van der Waals surface area contributed by atoms with Crippen LogP contribution in [0.25, 0.3) is 0 Å². The second-order valence-electron chi connectivity index (χ2n) is 4.52. The summed E-state index contributed by atoms with van der Waals surface area (Å²) in [5.74, 6) is 0.865. The van der Waals surface area contributed by atoms with E-state index in [0.29, 0.717) is 0 Å². The minimum absolute atomic E-state index is 0.0147. The first-order valence-electron chi connectivity index (χ1n) is 6.16. The van der Waals surface area contributed by atoms with Crippen molar-refractivity contribution < 1.29 is 5.11 Å². The molecule has 0 bridgehead atoms. The average molecular weight is 277 g/mol. The quantitative estimate of drug-likeness (QED) is 0.929. The number of halogens is 1. The molecule has 2 rings (SSSR count). The predicted molar refractivity (Wildman–Crippen MR) is 78.4 cm³/mol. The maximum absolute atomic E-state index is 9.02. The molecule has 0 aliphatic rings. The van der Waals surface area contributed by atoms with Crippen LogP contribution in [0.3, 0.4) is 0 Å².